The summed E-state index contributed by atoms with van der Waals surface area (Å²) in [4.78, 5) is 4.48. The lowest BCUT2D eigenvalue weighted by Crippen LogP contribution is -2.34. The lowest BCUT2D eigenvalue weighted by atomic mass is 9.83. The molecule has 1 N–H and O–H groups in total. The van der Waals surface area contributed by atoms with E-state index < -0.39 is 0 Å². The minimum Gasteiger partial charge on any atom is -0.314 e. The highest BCUT2D eigenvalue weighted by atomic mass is 14.9. The molecule has 4 atom stereocenters. The van der Waals surface area contributed by atoms with Gasteiger partial charge < -0.3 is 5.32 Å². The van der Waals surface area contributed by atoms with Gasteiger partial charge in [0.1, 0.15) is 0 Å². The van der Waals surface area contributed by atoms with Crippen LogP contribution in [0.3, 0.4) is 0 Å². The molecule has 3 rings (SSSR count). The van der Waals surface area contributed by atoms with Gasteiger partial charge in [0.15, 0.2) is 0 Å². The Balaban J connectivity index is 1.58. The van der Waals surface area contributed by atoms with E-state index in [1.807, 2.05) is 12.3 Å². The molecule has 0 radical (unpaired) electrons. The minimum atomic E-state index is 0.615. The number of fused-ring (bicyclic) bond motifs is 2. The molecule has 2 aliphatic carbocycles. The van der Waals surface area contributed by atoms with Crippen LogP contribution in [0.15, 0.2) is 24.4 Å². The van der Waals surface area contributed by atoms with Gasteiger partial charge in [0.2, 0.25) is 0 Å². The number of rotatable bonds is 6. The van der Waals surface area contributed by atoms with E-state index in [9.17, 15) is 0 Å². The third-order valence-corrected chi connectivity index (χ3v) is 5.15. The fourth-order valence-electron chi connectivity index (χ4n) is 4.33. The number of hydrogen-bond acceptors (Lipinski definition) is 2. The summed E-state index contributed by atoms with van der Waals surface area (Å²) in [5, 5.41) is 3.68. The van der Waals surface area contributed by atoms with Crippen molar-refractivity contribution in [2.24, 2.45) is 17.8 Å². The third-order valence-electron chi connectivity index (χ3n) is 5.15. The topological polar surface area (TPSA) is 24.9 Å². The Kier molecular flexibility index (Phi) is 4.17. The quantitative estimate of drug-likeness (QED) is 0.845. The van der Waals surface area contributed by atoms with Crippen LogP contribution in [0.1, 0.15) is 44.7 Å². The Hall–Kier alpha value is -0.890. The molecule has 4 unspecified atom stereocenters. The van der Waals surface area contributed by atoms with E-state index in [2.05, 4.69) is 29.4 Å². The van der Waals surface area contributed by atoms with Gasteiger partial charge in [-0.2, -0.15) is 0 Å². The van der Waals surface area contributed by atoms with Gasteiger partial charge in [0.05, 0.1) is 0 Å². The molecule has 1 aromatic rings. The Morgan fingerprint density at radius 3 is 2.89 bits per heavy atom. The molecule has 2 fully saturated rings. The molecule has 0 saturated heterocycles. The predicted octanol–water partition coefficient (Wildman–Crippen LogP) is 3.43. The number of aromatic nitrogens is 1. The van der Waals surface area contributed by atoms with Crippen molar-refractivity contribution in [2.75, 3.05) is 6.54 Å². The van der Waals surface area contributed by atoms with Crippen molar-refractivity contribution in [2.45, 2.75) is 51.5 Å². The van der Waals surface area contributed by atoms with Crippen LogP contribution in [-0.2, 0) is 6.42 Å². The Bertz CT molecular complexity index is 390. The number of hydrogen-bond donors (Lipinski definition) is 1. The minimum absolute atomic E-state index is 0.615. The standard InChI is InChI=1S/C17H26N2/c1-2-18-17(12-16-5-3-4-8-19-16)11-15-10-13-6-7-14(15)9-13/h3-5,8,13-15,17-18H,2,6-7,9-12H2,1H3. The summed E-state index contributed by atoms with van der Waals surface area (Å²) >= 11 is 0. The fraction of sp³-hybridized carbons (Fsp3) is 0.706. The second kappa shape index (κ2) is 6.04. The SMILES string of the molecule is CCNC(Cc1ccccn1)CC1CC2CCC1C2. The van der Waals surface area contributed by atoms with Gasteiger partial charge in [0, 0.05) is 24.4 Å². The van der Waals surface area contributed by atoms with Crippen molar-refractivity contribution < 1.29 is 0 Å². The zero-order valence-corrected chi connectivity index (χ0v) is 12.0. The average Bonchev–Trinajstić information content (AvgIpc) is 3.02. The summed E-state index contributed by atoms with van der Waals surface area (Å²) in [6.07, 6.45) is 10.4. The first-order chi connectivity index (χ1) is 9.35. The second-order valence-electron chi connectivity index (χ2n) is 6.45. The van der Waals surface area contributed by atoms with Gasteiger partial charge in [-0.1, -0.05) is 19.4 Å². The second-order valence-corrected chi connectivity index (χ2v) is 6.45. The fourth-order valence-corrected chi connectivity index (χ4v) is 4.33. The first kappa shape index (κ1) is 13.1. The molecule has 19 heavy (non-hydrogen) atoms. The Morgan fingerprint density at radius 2 is 2.26 bits per heavy atom. The number of nitrogens with one attached hydrogen (secondary N) is 1. The molecule has 2 aliphatic rings. The van der Waals surface area contributed by atoms with E-state index in [1.54, 1.807) is 0 Å². The lowest BCUT2D eigenvalue weighted by Gasteiger charge is -2.27. The van der Waals surface area contributed by atoms with Crippen LogP contribution in [0.2, 0.25) is 0 Å². The Labute approximate surface area is 117 Å². The molecule has 1 aromatic heterocycles. The largest absolute Gasteiger partial charge is 0.314 e. The van der Waals surface area contributed by atoms with Gasteiger partial charge >= 0.3 is 0 Å². The lowest BCUT2D eigenvalue weighted by molar-refractivity contribution is 0.277. The van der Waals surface area contributed by atoms with Crippen molar-refractivity contribution in [1.29, 1.82) is 0 Å². The van der Waals surface area contributed by atoms with Crippen molar-refractivity contribution >= 4 is 0 Å². The molecule has 2 nitrogen and oxygen atoms in total. The highest BCUT2D eigenvalue weighted by molar-refractivity contribution is 5.05. The highest BCUT2D eigenvalue weighted by Gasteiger charge is 2.39. The maximum Gasteiger partial charge on any atom is 0.0419 e. The molecular weight excluding hydrogens is 232 g/mol. The molecule has 104 valence electrons. The monoisotopic (exact) mass is 258 g/mol. The van der Waals surface area contributed by atoms with E-state index in [-0.39, 0.29) is 0 Å². The molecule has 2 saturated carbocycles. The van der Waals surface area contributed by atoms with Gasteiger partial charge in [-0.25, -0.2) is 0 Å². The average molecular weight is 258 g/mol. The smallest absolute Gasteiger partial charge is 0.0419 e. The summed E-state index contributed by atoms with van der Waals surface area (Å²) < 4.78 is 0. The number of pyridine rings is 1. The highest BCUT2D eigenvalue weighted by Crippen LogP contribution is 2.49. The van der Waals surface area contributed by atoms with Crippen LogP contribution in [-0.4, -0.2) is 17.6 Å². The summed E-state index contributed by atoms with van der Waals surface area (Å²) in [7, 11) is 0. The first-order valence-electron chi connectivity index (χ1n) is 7.98. The van der Waals surface area contributed by atoms with Crippen LogP contribution in [0.5, 0.6) is 0 Å². The zero-order chi connectivity index (χ0) is 13.1. The maximum absolute atomic E-state index is 4.48. The molecule has 0 aliphatic heterocycles. The normalized spacial score (nSPS) is 30.7. The van der Waals surface area contributed by atoms with Gasteiger partial charge in [-0.15, -0.1) is 0 Å². The molecule has 0 amide bonds. The van der Waals surface area contributed by atoms with Gasteiger partial charge in [0.25, 0.3) is 0 Å². The van der Waals surface area contributed by atoms with E-state index in [0.29, 0.717) is 6.04 Å². The molecule has 1 heterocycles. The molecule has 2 heteroatoms. The van der Waals surface area contributed by atoms with E-state index >= 15 is 0 Å². The van der Waals surface area contributed by atoms with Gasteiger partial charge in [-0.05, 0) is 62.1 Å². The summed E-state index contributed by atoms with van der Waals surface area (Å²) in [5.41, 5.74) is 1.23. The molecule has 0 spiro atoms. The van der Waals surface area contributed by atoms with Crippen molar-refractivity contribution in [1.82, 2.24) is 10.3 Å². The number of likely N-dealkylation sites (N-methyl/N-ethyl adjacent to an activating group) is 1. The maximum atomic E-state index is 4.48. The van der Waals surface area contributed by atoms with Gasteiger partial charge in [-0.3, -0.25) is 4.98 Å². The predicted molar refractivity (Wildman–Crippen MR) is 79.0 cm³/mol. The van der Waals surface area contributed by atoms with E-state index in [4.69, 9.17) is 0 Å². The number of nitrogens with zero attached hydrogens (tertiary/aromatic N) is 1. The summed E-state index contributed by atoms with van der Waals surface area (Å²) in [6, 6.07) is 6.87. The zero-order valence-electron chi connectivity index (χ0n) is 12.0. The third kappa shape index (κ3) is 3.17. The van der Waals surface area contributed by atoms with Crippen molar-refractivity contribution in [3.05, 3.63) is 30.1 Å². The van der Waals surface area contributed by atoms with E-state index in [1.165, 1.54) is 37.8 Å². The van der Waals surface area contributed by atoms with Crippen LogP contribution < -0.4 is 5.32 Å². The molecule has 0 aromatic carbocycles. The Morgan fingerprint density at radius 1 is 1.32 bits per heavy atom. The van der Waals surface area contributed by atoms with Crippen LogP contribution in [0.4, 0.5) is 0 Å². The van der Waals surface area contributed by atoms with Crippen LogP contribution in [0, 0.1) is 17.8 Å². The van der Waals surface area contributed by atoms with Crippen molar-refractivity contribution in [3.63, 3.8) is 0 Å². The first-order valence-corrected chi connectivity index (χ1v) is 7.98. The van der Waals surface area contributed by atoms with Crippen molar-refractivity contribution in [3.8, 4) is 0 Å². The molecule has 2 bridgehead atoms. The summed E-state index contributed by atoms with van der Waals surface area (Å²) in [5.74, 6) is 3.08. The van der Waals surface area contributed by atoms with E-state index in [0.717, 1.165) is 30.7 Å². The van der Waals surface area contributed by atoms with Crippen LogP contribution in [0.25, 0.3) is 0 Å². The summed E-state index contributed by atoms with van der Waals surface area (Å²) in [6.45, 7) is 3.28. The van der Waals surface area contributed by atoms with Crippen LogP contribution >= 0.6 is 0 Å². The molecular formula is C17H26N2.